The summed E-state index contributed by atoms with van der Waals surface area (Å²) in [6, 6.07) is 10.1. The Morgan fingerprint density at radius 3 is 2.30 bits per heavy atom. The highest BCUT2D eigenvalue weighted by Crippen LogP contribution is 2.22. The van der Waals surface area contributed by atoms with E-state index in [-0.39, 0.29) is 22.6 Å². The number of carbonyl (C=O) groups is 2. The molecule has 2 rings (SSSR count). The van der Waals surface area contributed by atoms with Crippen molar-refractivity contribution in [1.82, 2.24) is 0 Å². The van der Waals surface area contributed by atoms with Gasteiger partial charge in [-0.15, -0.1) is 0 Å². The van der Waals surface area contributed by atoms with Crippen molar-refractivity contribution in [3.63, 3.8) is 0 Å². The maximum absolute atomic E-state index is 11.9. The number of aromatic hydroxyl groups is 1. The van der Waals surface area contributed by atoms with Gasteiger partial charge in [0.2, 0.25) is 0 Å². The molecule has 2 aromatic carbocycles. The molecule has 0 radical (unpaired) electrons. The minimum absolute atomic E-state index is 0.0469. The number of phenols is 1. The average Bonchev–Trinajstić information content (AvgIpc) is 2.41. The van der Waals surface area contributed by atoms with Crippen LogP contribution in [0.2, 0.25) is 0 Å². The first-order chi connectivity index (χ1) is 9.49. The van der Waals surface area contributed by atoms with Gasteiger partial charge in [-0.1, -0.05) is 6.07 Å². The third-order valence-electron chi connectivity index (χ3n) is 2.82. The average molecular weight is 272 g/mol. The maximum atomic E-state index is 11.9. The summed E-state index contributed by atoms with van der Waals surface area (Å²) in [5.41, 5.74) is 0.732. The van der Waals surface area contributed by atoms with Crippen molar-refractivity contribution in [2.24, 2.45) is 0 Å². The predicted molar refractivity (Wildman–Crippen MR) is 71.2 cm³/mol. The predicted octanol–water partition coefficient (Wildman–Crippen LogP) is 2.62. The summed E-state index contributed by atoms with van der Waals surface area (Å²) in [6.45, 7) is 1.57. The van der Waals surface area contributed by atoms with E-state index in [1.807, 2.05) is 0 Å². The Labute approximate surface area is 115 Å². The Balaban J connectivity index is 2.26. The van der Waals surface area contributed by atoms with Gasteiger partial charge >= 0.3 is 11.9 Å². The molecule has 5 nitrogen and oxygen atoms in total. The lowest BCUT2D eigenvalue weighted by molar-refractivity contribution is 0.0686. The van der Waals surface area contributed by atoms with Crippen molar-refractivity contribution in [1.29, 1.82) is 0 Å². The van der Waals surface area contributed by atoms with Crippen LogP contribution in [0.25, 0.3) is 0 Å². The Morgan fingerprint density at radius 1 is 1.05 bits per heavy atom. The molecule has 0 saturated heterocycles. The molecule has 0 aromatic heterocycles. The van der Waals surface area contributed by atoms with Gasteiger partial charge in [0.15, 0.2) is 0 Å². The molecule has 0 spiro atoms. The summed E-state index contributed by atoms with van der Waals surface area (Å²) < 4.78 is 5.18. The van der Waals surface area contributed by atoms with Crippen LogP contribution < -0.4 is 4.74 Å². The molecule has 0 bridgehead atoms. The van der Waals surface area contributed by atoms with Gasteiger partial charge in [0.25, 0.3) is 0 Å². The van der Waals surface area contributed by atoms with Crippen molar-refractivity contribution in [2.75, 3.05) is 0 Å². The molecule has 0 aliphatic carbocycles. The fourth-order valence-electron chi connectivity index (χ4n) is 1.71. The standard InChI is InChI=1S/C15H12O5/c1-9-12(14(17)18)3-2-4-13(9)20-15(19)10-5-7-11(16)8-6-10/h2-8,16H,1H3,(H,17,18). The molecule has 20 heavy (non-hydrogen) atoms. The highest BCUT2D eigenvalue weighted by atomic mass is 16.5. The van der Waals surface area contributed by atoms with Crippen molar-refractivity contribution < 1.29 is 24.5 Å². The molecule has 0 amide bonds. The normalized spacial score (nSPS) is 10.1. The number of carbonyl (C=O) groups excluding carboxylic acids is 1. The van der Waals surface area contributed by atoms with E-state index in [0.717, 1.165) is 0 Å². The second kappa shape index (κ2) is 5.44. The van der Waals surface area contributed by atoms with Crippen molar-refractivity contribution in [2.45, 2.75) is 6.92 Å². The summed E-state index contributed by atoms with van der Waals surface area (Å²) >= 11 is 0. The molecule has 0 fully saturated rings. The number of ether oxygens (including phenoxy) is 1. The van der Waals surface area contributed by atoms with Crippen molar-refractivity contribution in [3.8, 4) is 11.5 Å². The first kappa shape index (κ1) is 13.6. The first-order valence-electron chi connectivity index (χ1n) is 5.83. The van der Waals surface area contributed by atoms with Gasteiger partial charge in [-0.3, -0.25) is 0 Å². The molecule has 0 atom stereocenters. The van der Waals surface area contributed by atoms with Crippen LogP contribution in [0.15, 0.2) is 42.5 Å². The van der Waals surface area contributed by atoms with E-state index < -0.39 is 11.9 Å². The summed E-state index contributed by atoms with van der Waals surface area (Å²) in [5, 5.41) is 18.2. The largest absolute Gasteiger partial charge is 0.508 e. The van der Waals surface area contributed by atoms with E-state index in [4.69, 9.17) is 14.9 Å². The zero-order chi connectivity index (χ0) is 14.7. The quantitative estimate of drug-likeness (QED) is 0.662. The third kappa shape index (κ3) is 2.77. The van der Waals surface area contributed by atoms with Crippen molar-refractivity contribution >= 4 is 11.9 Å². The molecule has 0 unspecified atom stereocenters. The summed E-state index contributed by atoms with van der Waals surface area (Å²) in [4.78, 5) is 22.9. The lowest BCUT2D eigenvalue weighted by Crippen LogP contribution is -2.10. The Bertz CT molecular complexity index is 658. The van der Waals surface area contributed by atoms with Gasteiger partial charge in [0, 0.05) is 5.56 Å². The number of hydrogen-bond donors (Lipinski definition) is 2. The maximum Gasteiger partial charge on any atom is 0.343 e. The summed E-state index contributed by atoms with van der Waals surface area (Å²) in [7, 11) is 0. The summed E-state index contributed by atoms with van der Waals surface area (Å²) in [6.07, 6.45) is 0. The monoisotopic (exact) mass is 272 g/mol. The van der Waals surface area contributed by atoms with Crippen molar-refractivity contribution in [3.05, 3.63) is 59.2 Å². The second-order valence-electron chi connectivity index (χ2n) is 4.17. The van der Waals surface area contributed by atoms with Crippen LogP contribution in [-0.4, -0.2) is 22.2 Å². The Kier molecular flexibility index (Phi) is 3.70. The Hall–Kier alpha value is -2.82. The third-order valence-corrected chi connectivity index (χ3v) is 2.82. The Morgan fingerprint density at radius 2 is 1.70 bits per heavy atom. The molecule has 0 aliphatic heterocycles. The highest BCUT2D eigenvalue weighted by Gasteiger charge is 2.14. The molecule has 0 saturated carbocycles. The molecule has 102 valence electrons. The number of rotatable bonds is 3. The molecule has 0 aliphatic rings. The van der Waals surface area contributed by atoms with Gasteiger partial charge in [0.05, 0.1) is 11.1 Å². The zero-order valence-corrected chi connectivity index (χ0v) is 10.7. The van der Waals surface area contributed by atoms with Gasteiger partial charge < -0.3 is 14.9 Å². The summed E-state index contributed by atoms with van der Waals surface area (Å²) in [5.74, 6) is -1.45. The molecule has 5 heteroatoms. The number of benzene rings is 2. The zero-order valence-electron chi connectivity index (χ0n) is 10.7. The van der Waals surface area contributed by atoms with Gasteiger partial charge in [-0.25, -0.2) is 9.59 Å². The van der Waals surface area contributed by atoms with E-state index in [2.05, 4.69) is 0 Å². The lowest BCUT2D eigenvalue weighted by atomic mass is 10.1. The van der Waals surface area contributed by atoms with E-state index in [1.54, 1.807) is 6.92 Å². The molecule has 2 aromatic rings. The number of carboxylic acid groups (broad SMARTS) is 1. The topological polar surface area (TPSA) is 83.8 Å². The number of hydrogen-bond acceptors (Lipinski definition) is 4. The van der Waals surface area contributed by atoms with Crippen LogP contribution in [0.4, 0.5) is 0 Å². The molecular weight excluding hydrogens is 260 g/mol. The smallest absolute Gasteiger partial charge is 0.343 e. The van der Waals surface area contributed by atoms with Gasteiger partial charge in [-0.05, 0) is 43.3 Å². The van der Waals surface area contributed by atoms with Crippen LogP contribution in [0.1, 0.15) is 26.3 Å². The minimum atomic E-state index is -1.08. The SMILES string of the molecule is Cc1c(OC(=O)c2ccc(O)cc2)cccc1C(=O)O. The fraction of sp³-hybridized carbons (Fsp3) is 0.0667. The molecular formula is C15H12O5. The first-order valence-corrected chi connectivity index (χ1v) is 5.83. The number of aromatic carboxylic acids is 1. The van der Waals surface area contributed by atoms with Gasteiger partial charge in [-0.2, -0.15) is 0 Å². The van der Waals surface area contributed by atoms with E-state index >= 15 is 0 Å². The second-order valence-corrected chi connectivity index (χ2v) is 4.17. The molecule has 2 N–H and O–H groups in total. The lowest BCUT2D eigenvalue weighted by Gasteiger charge is -2.09. The van der Waals surface area contributed by atoms with Crippen LogP contribution >= 0.6 is 0 Å². The van der Waals surface area contributed by atoms with E-state index in [1.165, 1.54) is 42.5 Å². The fourth-order valence-corrected chi connectivity index (χ4v) is 1.71. The van der Waals surface area contributed by atoms with Gasteiger partial charge in [0.1, 0.15) is 11.5 Å². The van der Waals surface area contributed by atoms with Crippen LogP contribution in [0.3, 0.4) is 0 Å². The van der Waals surface area contributed by atoms with E-state index in [9.17, 15) is 9.59 Å². The minimum Gasteiger partial charge on any atom is -0.508 e. The van der Waals surface area contributed by atoms with Crippen LogP contribution in [0, 0.1) is 6.92 Å². The molecule has 0 heterocycles. The number of carboxylic acids is 1. The van der Waals surface area contributed by atoms with E-state index in [0.29, 0.717) is 5.56 Å². The highest BCUT2D eigenvalue weighted by molar-refractivity contribution is 5.93. The number of phenolic OH excluding ortho intramolecular Hbond substituents is 1. The number of esters is 1. The van der Waals surface area contributed by atoms with Crippen LogP contribution in [-0.2, 0) is 0 Å². The van der Waals surface area contributed by atoms with Crippen LogP contribution in [0.5, 0.6) is 11.5 Å².